The number of hydrogen-bond acceptors (Lipinski definition) is 8. The van der Waals surface area contributed by atoms with E-state index in [2.05, 4.69) is 96.8 Å². The van der Waals surface area contributed by atoms with Gasteiger partial charge in [0, 0.05) is 31.7 Å². The number of nitrogens with zero attached hydrogens (tertiary/aromatic N) is 5. The van der Waals surface area contributed by atoms with Crippen LogP contribution in [0.15, 0.2) is 42.5 Å². The van der Waals surface area contributed by atoms with Crippen LogP contribution in [0.2, 0.25) is 0 Å². The number of rotatable bonds is 21. The minimum absolute atomic E-state index is 0.00905. The molecule has 5 atom stereocenters. The summed E-state index contributed by atoms with van der Waals surface area (Å²) in [5.74, 6) is 1.93. The van der Waals surface area contributed by atoms with E-state index in [0.29, 0.717) is 59.3 Å². The summed E-state index contributed by atoms with van der Waals surface area (Å²) in [5, 5.41) is 11.6. The number of carbonyl (C=O) groups is 3. The number of carbonyl (C=O) groups excluding carboxylic acids is 3. The van der Waals surface area contributed by atoms with Gasteiger partial charge in [-0.3, -0.25) is 14.4 Å². The van der Waals surface area contributed by atoms with E-state index >= 15 is 0 Å². The molecule has 3 aromatic rings. The maximum absolute atomic E-state index is 14.7. The predicted octanol–water partition coefficient (Wildman–Crippen LogP) is 11.1. The van der Waals surface area contributed by atoms with Crippen molar-refractivity contribution in [1.29, 1.82) is 0 Å². The van der Waals surface area contributed by atoms with E-state index in [4.69, 9.17) is 14.6 Å². The fourth-order valence-corrected chi connectivity index (χ4v) is 10.3. The molecule has 382 valence electrons. The maximum Gasteiger partial charge on any atom is 0.272 e. The van der Waals surface area contributed by atoms with Gasteiger partial charge in [-0.25, -0.2) is 4.68 Å². The van der Waals surface area contributed by atoms with Crippen LogP contribution in [-0.2, 0) is 4.79 Å². The summed E-state index contributed by atoms with van der Waals surface area (Å²) in [6.07, 6.45) is 10.4. The van der Waals surface area contributed by atoms with Crippen LogP contribution in [0.4, 0.5) is 0 Å². The van der Waals surface area contributed by atoms with Crippen LogP contribution in [0.5, 0.6) is 11.5 Å². The van der Waals surface area contributed by atoms with Gasteiger partial charge in [0.2, 0.25) is 5.91 Å². The average molecular weight is 944 g/mol. The molecule has 5 unspecified atom stereocenters. The minimum atomic E-state index is -0.967. The molecule has 0 radical (unpaired) electrons. The van der Waals surface area contributed by atoms with Gasteiger partial charge in [0.25, 0.3) is 11.8 Å². The summed E-state index contributed by atoms with van der Waals surface area (Å²) in [7, 11) is 9.40. The molecular weight excluding hydrogens is 851 g/mol. The molecule has 4 aliphatic rings. The smallest absolute Gasteiger partial charge is 0.272 e. The Morgan fingerprint density at radius 3 is 1.99 bits per heavy atom. The van der Waals surface area contributed by atoms with Crippen molar-refractivity contribution in [3.05, 3.63) is 59.3 Å². The lowest BCUT2D eigenvalue weighted by atomic mass is 9.69. The van der Waals surface area contributed by atoms with Gasteiger partial charge >= 0.3 is 0 Å². The van der Waals surface area contributed by atoms with E-state index in [1.54, 1.807) is 29.9 Å². The number of unbranched alkanes of at least 4 members (excludes halogenated alkanes) is 1. The van der Waals surface area contributed by atoms with Crippen molar-refractivity contribution >= 4 is 17.7 Å². The van der Waals surface area contributed by atoms with Gasteiger partial charge in [-0.15, -0.1) is 0 Å². The van der Waals surface area contributed by atoms with Crippen molar-refractivity contribution in [2.45, 2.75) is 158 Å². The van der Waals surface area contributed by atoms with E-state index in [9.17, 15) is 14.4 Å². The van der Waals surface area contributed by atoms with Crippen molar-refractivity contribution in [3.8, 4) is 28.4 Å². The third-order valence-corrected chi connectivity index (χ3v) is 13.8. The molecule has 0 saturated heterocycles. The van der Waals surface area contributed by atoms with E-state index < -0.39 is 5.54 Å². The fraction of sp³-hybridized carbons (Fsp3) is 0.679. The van der Waals surface area contributed by atoms with Crippen LogP contribution in [0.25, 0.3) is 16.9 Å². The maximum atomic E-state index is 14.7. The van der Waals surface area contributed by atoms with Crippen molar-refractivity contribution < 1.29 is 23.9 Å². The molecule has 4 bridgehead atoms. The molecule has 4 saturated carbocycles. The first-order valence-electron chi connectivity index (χ1n) is 26.3. The number of amides is 3. The molecular formula is C56H93N7O5. The second kappa shape index (κ2) is 28.3. The zero-order chi connectivity index (χ0) is 50.7. The van der Waals surface area contributed by atoms with E-state index in [-0.39, 0.29) is 41.2 Å². The summed E-state index contributed by atoms with van der Waals surface area (Å²) in [6.45, 7) is 27.5. The lowest BCUT2D eigenvalue weighted by molar-refractivity contribution is -0.132. The van der Waals surface area contributed by atoms with E-state index in [1.165, 1.54) is 12.8 Å². The molecule has 0 aliphatic heterocycles. The monoisotopic (exact) mass is 944 g/mol. The summed E-state index contributed by atoms with van der Waals surface area (Å²) < 4.78 is 13.5. The topological polar surface area (TPSA) is 121 Å². The number of nitrogens with one attached hydrogen (secondary N) is 2. The van der Waals surface area contributed by atoms with Crippen LogP contribution in [0, 0.1) is 23.7 Å². The van der Waals surface area contributed by atoms with Gasteiger partial charge in [0.05, 0.1) is 31.2 Å². The molecule has 12 nitrogen and oxygen atoms in total. The van der Waals surface area contributed by atoms with Crippen LogP contribution in [0.3, 0.4) is 0 Å². The molecule has 3 amide bonds. The molecule has 1 heterocycles. The summed E-state index contributed by atoms with van der Waals surface area (Å²) in [4.78, 5) is 49.4. The lowest BCUT2D eigenvalue weighted by Gasteiger charge is -2.43. The Morgan fingerprint density at radius 1 is 0.809 bits per heavy atom. The highest BCUT2D eigenvalue weighted by atomic mass is 16.5. The molecule has 12 heteroatoms. The van der Waals surface area contributed by atoms with Gasteiger partial charge in [-0.1, -0.05) is 87.6 Å². The first-order chi connectivity index (χ1) is 32.6. The van der Waals surface area contributed by atoms with Crippen LogP contribution in [-0.4, -0.2) is 122 Å². The quantitative estimate of drug-likeness (QED) is 0.101. The van der Waals surface area contributed by atoms with Gasteiger partial charge in [0.1, 0.15) is 17.0 Å². The Morgan fingerprint density at radius 2 is 1.43 bits per heavy atom. The number of aromatic nitrogens is 2. The molecule has 4 fully saturated rings. The van der Waals surface area contributed by atoms with E-state index in [1.807, 2.05) is 57.3 Å². The highest BCUT2D eigenvalue weighted by Gasteiger charge is 2.66. The highest BCUT2D eigenvalue weighted by Crippen LogP contribution is 2.63. The Labute approximate surface area is 412 Å². The molecule has 2 N–H and O–H groups in total. The van der Waals surface area contributed by atoms with Crippen molar-refractivity contribution in [3.63, 3.8) is 0 Å². The Kier molecular flexibility index (Phi) is 24.1. The lowest BCUT2D eigenvalue weighted by Crippen LogP contribution is -2.66. The first kappa shape index (κ1) is 57.9. The standard InChI is InChI=1S/C48H71N7O5.2C3H8.C2H6/c1-11-12-20-49-47(58)48(36-26-33-25-35(28-36)38(48)27-33)50-45(56)39-30-41(44-42(59-9)16-13-17-43(44)60-10)55(51-39)40-19-18-34(29-37(40)31(2)3)46(57)54(8)24-15-22-52(6)21-14-23-53(7)32(4)5;2*1-3-2;1-2/h13,16-19,29-33,35-36,38H,11-12,14-15,20-28H2,1-10H3,(H,49,58)(H,50,56);2*3H2,1-2H3;1-2H3. The summed E-state index contributed by atoms with van der Waals surface area (Å²) in [5.41, 5.74) is 2.71. The van der Waals surface area contributed by atoms with Gasteiger partial charge in [-0.2, -0.15) is 5.10 Å². The Balaban J connectivity index is 0.00000144. The number of methoxy groups -OCH3 is 2. The largest absolute Gasteiger partial charge is 0.496 e. The van der Waals surface area contributed by atoms with Gasteiger partial charge in [0.15, 0.2) is 5.69 Å². The van der Waals surface area contributed by atoms with Crippen LogP contribution >= 0.6 is 0 Å². The van der Waals surface area contributed by atoms with Crippen molar-refractivity contribution in [2.24, 2.45) is 23.7 Å². The van der Waals surface area contributed by atoms with Crippen LogP contribution < -0.4 is 20.1 Å². The molecule has 4 aliphatic carbocycles. The highest BCUT2D eigenvalue weighted by molar-refractivity contribution is 6.00. The molecule has 1 aromatic heterocycles. The average Bonchev–Trinajstić information content (AvgIpc) is 3.96. The number of benzene rings is 2. The molecule has 68 heavy (non-hydrogen) atoms. The van der Waals surface area contributed by atoms with E-state index in [0.717, 1.165) is 82.3 Å². The normalized spacial score (nSPS) is 19.8. The second-order valence-electron chi connectivity index (χ2n) is 19.8. The van der Waals surface area contributed by atoms with Gasteiger partial charge in [-0.05, 0) is 164 Å². The SMILES string of the molecule is CC.CCC.CCC.CCCCNC(=O)C1(NC(=O)c2cc(-c3c(OC)cccc3OC)n(-c3ccc(C(=O)N(C)CCCN(C)CCCN(C)C(C)C)cc3C(C)C)n2)C2CC3CC(C2)C1C3. The first-order valence-corrected chi connectivity index (χ1v) is 26.3. The van der Waals surface area contributed by atoms with Gasteiger partial charge < -0.3 is 34.8 Å². The number of ether oxygens (including phenoxy) is 2. The molecule has 7 rings (SSSR count). The van der Waals surface area contributed by atoms with Crippen molar-refractivity contribution in [1.82, 2.24) is 35.1 Å². The molecule has 0 spiro atoms. The zero-order valence-corrected chi connectivity index (χ0v) is 45.4. The summed E-state index contributed by atoms with van der Waals surface area (Å²) in [6, 6.07) is 13.6. The third kappa shape index (κ3) is 14.1. The summed E-state index contributed by atoms with van der Waals surface area (Å²) >= 11 is 0. The number of hydrogen-bond donors (Lipinski definition) is 2. The van der Waals surface area contributed by atoms with Crippen LogP contribution in [0.1, 0.15) is 173 Å². The third-order valence-electron chi connectivity index (χ3n) is 13.8. The molecule has 2 aromatic carbocycles. The predicted molar refractivity (Wildman–Crippen MR) is 281 cm³/mol. The fourth-order valence-electron chi connectivity index (χ4n) is 10.3. The zero-order valence-electron chi connectivity index (χ0n) is 45.4. The Bertz CT molecular complexity index is 1990. The Hall–Kier alpha value is -4.42. The van der Waals surface area contributed by atoms with Crippen molar-refractivity contribution in [2.75, 3.05) is 68.1 Å². The minimum Gasteiger partial charge on any atom is -0.496 e. The second-order valence-corrected chi connectivity index (χ2v) is 19.8.